The Balaban J connectivity index is 1.57. The average molecular weight is 489 g/mol. The van der Waals surface area contributed by atoms with E-state index in [1.54, 1.807) is 6.92 Å². The van der Waals surface area contributed by atoms with Crippen molar-refractivity contribution in [2.45, 2.75) is 32.6 Å². The van der Waals surface area contributed by atoms with Crippen LogP contribution in [0, 0.1) is 0 Å². The Bertz CT molecular complexity index is 1170. The second kappa shape index (κ2) is 9.99. The van der Waals surface area contributed by atoms with Crippen LogP contribution >= 0.6 is 11.3 Å². The van der Waals surface area contributed by atoms with E-state index in [-0.39, 0.29) is 12.2 Å². The third-order valence-electron chi connectivity index (χ3n) is 5.57. The SMILES string of the molecule is CCOC(=O)c1c(NC(=O)c2ccc(C(F)(F)F)cc2)sc2c1CCN(Cc1ccccc1)C2. The molecule has 0 saturated carbocycles. The number of amides is 1. The zero-order valence-corrected chi connectivity index (χ0v) is 19.3. The van der Waals surface area contributed by atoms with Crippen molar-refractivity contribution in [1.82, 2.24) is 4.90 Å². The van der Waals surface area contributed by atoms with Crippen LogP contribution in [0.4, 0.5) is 18.2 Å². The number of carbonyl (C=O) groups is 2. The fourth-order valence-electron chi connectivity index (χ4n) is 3.93. The lowest BCUT2D eigenvalue weighted by molar-refractivity contribution is -0.137. The van der Waals surface area contributed by atoms with Crippen molar-refractivity contribution in [3.05, 3.63) is 87.3 Å². The predicted octanol–water partition coefficient (Wildman–Crippen LogP) is 5.75. The van der Waals surface area contributed by atoms with Crippen LogP contribution in [0.15, 0.2) is 54.6 Å². The van der Waals surface area contributed by atoms with Gasteiger partial charge in [0.15, 0.2) is 0 Å². The highest BCUT2D eigenvalue weighted by Gasteiger charge is 2.31. The van der Waals surface area contributed by atoms with Crippen molar-refractivity contribution < 1.29 is 27.5 Å². The van der Waals surface area contributed by atoms with E-state index in [2.05, 4.69) is 22.3 Å². The van der Waals surface area contributed by atoms with Gasteiger partial charge in [0, 0.05) is 30.1 Å². The molecule has 1 aromatic heterocycles. The first-order valence-corrected chi connectivity index (χ1v) is 11.6. The summed E-state index contributed by atoms with van der Waals surface area (Å²) in [7, 11) is 0. The number of carbonyl (C=O) groups excluding carboxylic acids is 2. The van der Waals surface area contributed by atoms with Gasteiger partial charge in [0.1, 0.15) is 5.00 Å². The molecule has 0 spiro atoms. The van der Waals surface area contributed by atoms with Gasteiger partial charge in [-0.25, -0.2) is 4.79 Å². The molecule has 0 aliphatic carbocycles. The summed E-state index contributed by atoms with van der Waals surface area (Å²) < 4.78 is 43.7. The Kier molecular flexibility index (Phi) is 7.04. The van der Waals surface area contributed by atoms with Gasteiger partial charge < -0.3 is 10.1 Å². The number of rotatable bonds is 6. The minimum atomic E-state index is -4.48. The fraction of sp³-hybridized carbons (Fsp3) is 0.280. The monoisotopic (exact) mass is 488 g/mol. The number of benzene rings is 2. The molecule has 0 fully saturated rings. The standard InChI is InChI=1S/C25H23F3N2O3S/c1-2-33-24(32)21-19-12-13-30(14-16-6-4-3-5-7-16)15-20(19)34-23(21)29-22(31)17-8-10-18(11-9-17)25(26,27)28/h3-11H,2,12-15H2,1H3,(H,29,31). The highest BCUT2D eigenvalue weighted by atomic mass is 32.1. The van der Waals surface area contributed by atoms with E-state index in [0.717, 1.165) is 47.8 Å². The molecule has 2 heterocycles. The van der Waals surface area contributed by atoms with E-state index in [0.29, 0.717) is 23.5 Å². The predicted molar refractivity (Wildman–Crippen MR) is 124 cm³/mol. The summed E-state index contributed by atoms with van der Waals surface area (Å²) in [6, 6.07) is 14.0. The van der Waals surface area contributed by atoms with Crippen LogP contribution in [-0.2, 0) is 30.4 Å². The van der Waals surface area contributed by atoms with Gasteiger partial charge in [-0.3, -0.25) is 9.69 Å². The first-order valence-electron chi connectivity index (χ1n) is 10.8. The molecule has 3 aromatic rings. The van der Waals surface area contributed by atoms with E-state index in [1.165, 1.54) is 16.9 Å². The van der Waals surface area contributed by atoms with Crippen LogP contribution in [0.25, 0.3) is 0 Å². The van der Waals surface area contributed by atoms with E-state index < -0.39 is 23.6 Å². The number of anilines is 1. The van der Waals surface area contributed by atoms with Crippen molar-refractivity contribution >= 4 is 28.2 Å². The molecule has 0 saturated heterocycles. The molecule has 4 rings (SSSR count). The van der Waals surface area contributed by atoms with Gasteiger partial charge in [-0.15, -0.1) is 11.3 Å². The van der Waals surface area contributed by atoms with Crippen LogP contribution in [0.5, 0.6) is 0 Å². The quantitative estimate of drug-likeness (QED) is 0.449. The molecule has 5 nitrogen and oxygen atoms in total. The summed E-state index contributed by atoms with van der Waals surface area (Å²) in [5.41, 5.74) is 1.61. The Hall–Kier alpha value is -3.17. The zero-order chi connectivity index (χ0) is 24.3. The number of nitrogens with one attached hydrogen (secondary N) is 1. The molecule has 178 valence electrons. The largest absolute Gasteiger partial charge is 0.462 e. The molecular formula is C25H23F3N2O3S. The number of hydrogen-bond acceptors (Lipinski definition) is 5. The Morgan fingerprint density at radius 1 is 1.09 bits per heavy atom. The van der Waals surface area contributed by atoms with Gasteiger partial charge in [-0.1, -0.05) is 30.3 Å². The maximum atomic E-state index is 12.8. The summed E-state index contributed by atoms with van der Waals surface area (Å²) >= 11 is 1.31. The second-order valence-electron chi connectivity index (χ2n) is 7.90. The van der Waals surface area contributed by atoms with E-state index in [1.807, 2.05) is 18.2 Å². The summed E-state index contributed by atoms with van der Waals surface area (Å²) in [5.74, 6) is -1.10. The molecule has 34 heavy (non-hydrogen) atoms. The smallest absolute Gasteiger partial charge is 0.416 e. The highest BCUT2D eigenvalue weighted by molar-refractivity contribution is 7.17. The van der Waals surface area contributed by atoms with Gasteiger partial charge in [-0.2, -0.15) is 13.2 Å². The summed E-state index contributed by atoms with van der Waals surface area (Å²) in [6.07, 6.45) is -3.85. The van der Waals surface area contributed by atoms with Gasteiger partial charge in [0.2, 0.25) is 0 Å². The number of nitrogens with zero attached hydrogens (tertiary/aromatic N) is 1. The minimum absolute atomic E-state index is 0.0693. The van der Waals surface area contributed by atoms with E-state index in [4.69, 9.17) is 4.74 Å². The van der Waals surface area contributed by atoms with Crippen LogP contribution in [0.3, 0.4) is 0 Å². The number of hydrogen-bond donors (Lipinski definition) is 1. The third kappa shape index (κ3) is 5.31. The molecule has 1 amide bonds. The fourth-order valence-corrected chi connectivity index (χ4v) is 5.20. The van der Waals surface area contributed by atoms with Crippen molar-refractivity contribution in [2.24, 2.45) is 0 Å². The normalized spacial score (nSPS) is 13.9. The molecule has 0 unspecified atom stereocenters. The maximum Gasteiger partial charge on any atom is 0.416 e. The Labute approximate surface area is 199 Å². The number of thiophene rings is 1. The van der Waals surface area contributed by atoms with Gasteiger partial charge in [-0.05, 0) is 48.7 Å². The highest BCUT2D eigenvalue weighted by Crippen LogP contribution is 2.38. The van der Waals surface area contributed by atoms with Crippen molar-refractivity contribution in [3.63, 3.8) is 0 Å². The van der Waals surface area contributed by atoms with Crippen molar-refractivity contribution in [2.75, 3.05) is 18.5 Å². The summed E-state index contributed by atoms with van der Waals surface area (Å²) in [6.45, 7) is 4.03. The molecule has 0 radical (unpaired) electrons. The van der Waals surface area contributed by atoms with Gasteiger partial charge in [0.05, 0.1) is 17.7 Å². The molecule has 1 aliphatic rings. The molecule has 1 aliphatic heterocycles. The summed E-state index contributed by atoms with van der Waals surface area (Å²) in [4.78, 5) is 28.8. The molecule has 2 aromatic carbocycles. The van der Waals surface area contributed by atoms with E-state index in [9.17, 15) is 22.8 Å². The van der Waals surface area contributed by atoms with E-state index >= 15 is 0 Å². The topological polar surface area (TPSA) is 58.6 Å². The molecule has 0 atom stereocenters. The lowest BCUT2D eigenvalue weighted by Crippen LogP contribution is -2.29. The molecule has 1 N–H and O–H groups in total. The van der Waals surface area contributed by atoms with Gasteiger partial charge >= 0.3 is 12.1 Å². The van der Waals surface area contributed by atoms with Crippen LogP contribution in [0.2, 0.25) is 0 Å². The maximum absolute atomic E-state index is 12.8. The number of ether oxygens (including phenoxy) is 1. The van der Waals surface area contributed by atoms with Crippen molar-refractivity contribution in [1.29, 1.82) is 0 Å². The third-order valence-corrected chi connectivity index (χ3v) is 6.70. The summed E-state index contributed by atoms with van der Waals surface area (Å²) in [5, 5.41) is 3.08. The van der Waals surface area contributed by atoms with Crippen molar-refractivity contribution in [3.8, 4) is 0 Å². The minimum Gasteiger partial charge on any atom is -0.462 e. The number of alkyl halides is 3. The zero-order valence-electron chi connectivity index (χ0n) is 18.4. The number of fused-ring (bicyclic) bond motifs is 1. The molecule has 0 bridgehead atoms. The molecule has 9 heteroatoms. The lowest BCUT2D eigenvalue weighted by atomic mass is 10.0. The molecular weight excluding hydrogens is 465 g/mol. The number of halogens is 3. The Morgan fingerprint density at radius 2 is 1.79 bits per heavy atom. The Morgan fingerprint density at radius 3 is 2.44 bits per heavy atom. The second-order valence-corrected chi connectivity index (χ2v) is 9.01. The first kappa shape index (κ1) is 24.0. The number of esters is 1. The van der Waals surface area contributed by atoms with Gasteiger partial charge in [0.25, 0.3) is 5.91 Å². The van der Waals surface area contributed by atoms with Crippen LogP contribution in [0.1, 0.15) is 49.2 Å². The first-order chi connectivity index (χ1) is 16.3. The average Bonchev–Trinajstić information content (AvgIpc) is 3.16. The van der Waals surface area contributed by atoms with Crippen LogP contribution in [-0.4, -0.2) is 29.9 Å². The van der Waals surface area contributed by atoms with Crippen LogP contribution < -0.4 is 5.32 Å². The lowest BCUT2D eigenvalue weighted by Gasteiger charge is -2.27.